The summed E-state index contributed by atoms with van der Waals surface area (Å²) < 4.78 is 12.4. The van der Waals surface area contributed by atoms with Crippen LogP contribution in [0.15, 0.2) is 95.8 Å². The molecule has 0 aromatic heterocycles. The van der Waals surface area contributed by atoms with Crippen molar-refractivity contribution in [2.24, 2.45) is 4.99 Å². The van der Waals surface area contributed by atoms with E-state index in [2.05, 4.69) is 84.7 Å². The van der Waals surface area contributed by atoms with Crippen LogP contribution in [0.4, 0.5) is 5.69 Å². The van der Waals surface area contributed by atoms with Gasteiger partial charge in [-0.15, -0.1) is 0 Å². The molecule has 5 nitrogen and oxygen atoms in total. The lowest BCUT2D eigenvalue weighted by Crippen LogP contribution is -2.21. The largest absolute Gasteiger partial charge is 0.476 e. The van der Waals surface area contributed by atoms with Crippen molar-refractivity contribution in [2.45, 2.75) is 25.9 Å². The van der Waals surface area contributed by atoms with Crippen molar-refractivity contribution in [1.82, 2.24) is 5.32 Å². The normalized spacial score (nSPS) is 20.7. The van der Waals surface area contributed by atoms with Crippen LogP contribution in [-0.2, 0) is 9.47 Å². The number of nitrogens with one attached hydrogen (secondary N) is 1. The minimum atomic E-state index is -0.0203. The molecule has 2 heterocycles. The Morgan fingerprint density at radius 1 is 0.824 bits per heavy atom. The lowest BCUT2D eigenvalue weighted by Gasteiger charge is -2.21. The molecule has 2 aliphatic rings. The van der Waals surface area contributed by atoms with Crippen molar-refractivity contribution >= 4 is 17.2 Å². The van der Waals surface area contributed by atoms with Crippen molar-refractivity contribution in [2.75, 3.05) is 31.2 Å². The first-order chi connectivity index (χ1) is 16.8. The molecule has 3 aromatic rings. The van der Waals surface area contributed by atoms with Crippen molar-refractivity contribution in [1.29, 1.82) is 0 Å². The van der Waals surface area contributed by atoms with Crippen LogP contribution in [0.5, 0.6) is 0 Å². The van der Waals surface area contributed by atoms with E-state index in [1.807, 2.05) is 24.3 Å². The molecule has 0 radical (unpaired) electrons. The van der Waals surface area contributed by atoms with Gasteiger partial charge in [0.2, 0.25) is 11.8 Å². The van der Waals surface area contributed by atoms with Gasteiger partial charge in [0, 0.05) is 18.8 Å². The number of rotatable bonds is 7. The van der Waals surface area contributed by atoms with Crippen molar-refractivity contribution in [3.8, 4) is 0 Å². The van der Waals surface area contributed by atoms with Crippen LogP contribution in [0, 0.1) is 0 Å². The molecule has 0 spiro atoms. The quantitative estimate of drug-likeness (QED) is 0.496. The van der Waals surface area contributed by atoms with E-state index in [4.69, 9.17) is 14.5 Å². The van der Waals surface area contributed by atoms with E-state index in [0.717, 1.165) is 35.7 Å². The fraction of sp³-hybridized carbons (Fsp3) is 0.276. The molecule has 1 saturated heterocycles. The molecular weight excluding hydrogens is 422 g/mol. The summed E-state index contributed by atoms with van der Waals surface area (Å²) in [7, 11) is 0. The standard InChI is InChI=1S/C29H31N3O2/c1-3-32(4-2)24-17-15-23(16-18-24)27(28-30-25(19-33-28)21-11-7-5-8-12-21)29-31-26(20-34-29)22-13-9-6-10-14-22/h5-18,25-26,30H,3-4,19-20H2,1-2H3/b28-27+/t25-,26-/m1/s1. The molecule has 3 aromatic carbocycles. The van der Waals surface area contributed by atoms with Gasteiger partial charge >= 0.3 is 0 Å². The van der Waals surface area contributed by atoms with Gasteiger partial charge in [0.25, 0.3) is 0 Å². The number of hydrogen-bond donors (Lipinski definition) is 1. The molecule has 0 amide bonds. The molecule has 0 bridgehead atoms. The van der Waals surface area contributed by atoms with E-state index in [0.29, 0.717) is 19.1 Å². The van der Waals surface area contributed by atoms with Gasteiger partial charge in [0.05, 0.1) is 6.04 Å². The summed E-state index contributed by atoms with van der Waals surface area (Å²) in [6, 6.07) is 29.4. The van der Waals surface area contributed by atoms with Gasteiger partial charge in [-0.25, -0.2) is 4.99 Å². The van der Waals surface area contributed by atoms with Crippen LogP contribution in [-0.4, -0.2) is 32.2 Å². The van der Waals surface area contributed by atoms with Crippen LogP contribution in [0.1, 0.15) is 42.6 Å². The van der Waals surface area contributed by atoms with E-state index in [9.17, 15) is 0 Å². The zero-order valence-electron chi connectivity index (χ0n) is 19.8. The van der Waals surface area contributed by atoms with E-state index in [-0.39, 0.29) is 12.1 Å². The first kappa shape index (κ1) is 22.1. The summed E-state index contributed by atoms with van der Waals surface area (Å²) in [5.74, 6) is 1.34. The lowest BCUT2D eigenvalue weighted by atomic mass is 10.0. The van der Waals surface area contributed by atoms with Gasteiger partial charge in [-0.05, 0) is 42.7 Å². The summed E-state index contributed by atoms with van der Waals surface area (Å²) >= 11 is 0. The molecular formula is C29H31N3O2. The smallest absolute Gasteiger partial charge is 0.223 e. The average molecular weight is 454 g/mol. The molecule has 0 saturated carbocycles. The Bertz CT molecular complexity index is 1150. The van der Waals surface area contributed by atoms with E-state index in [1.54, 1.807) is 0 Å². The monoisotopic (exact) mass is 453 g/mol. The molecule has 1 N–H and O–H groups in total. The van der Waals surface area contributed by atoms with Gasteiger partial charge < -0.3 is 19.7 Å². The summed E-state index contributed by atoms with van der Waals surface area (Å²) in [5, 5.41) is 3.58. The number of hydrogen-bond acceptors (Lipinski definition) is 5. The maximum Gasteiger partial charge on any atom is 0.223 e. The zero-order chi connectivity index (χ0) is 23.3. The number of aliphatic imine (C=N–C) groups is 1. The highest BCUT2D eigenvalue weighted by Crippen LogP contribution is 2.34. The Kier molecular flexibility index (Phi) is 6.52. The fourth-order valence-electron chi connectivity index (χ4n) is 4.55. The topological polar surface area (TPSA) is 46.1 Å². The second-order valence-corrected chi connectivity index (χ2v) is 8.51. The third-order valence-electron chi connectivity index (χ3n) is 6.46. The van der Waals surface area contributed by atoms with Gasteiger partial charge in [0.1, 0.15) is 24.8 Å². The number of anilines is 1. The maximum absolute atomic E-state index is 6.21. The number of nitrogens with zero attached hydrogens (tertiary/aromatic N) is 2. The minimum absolute atomic E-state index is 0.0203. The molecule has 1 fully saturated rings. The fourth-order valence-corrected chi connectivity index (χ4v) is 4.55. The average Bonchev–Trinajstić information content (AvgIpc) is 3.58. The molecule has 174 valence electrons. The highest BCUT2D eigenvalue weighted by Gasteiger charge is 2.31. The summed E-state index contributed by atoms with van der Waals surface area (Å²) in [6.07, 6.45) is 0. The van der Waals surface area contributed by atoms with Crippen LogP contribution in [0.25, 0.3) is 5.57 Å². The second kappa shape index (κ2) is 10.0. The molecule has 2 aliphatic heterocycles. The lowest BCUT2D eigenvalue weighted by molar-refractivity contribution is 0.255. The second-order valence-electron chi connectivity index (χ2n) is 8.51. The van der Waals surface area contributed by atoms with Crippen molar-refractivity contribution < 1.29 is 9.47 Å². The minimum Gasteiger partial charge on any atom is -0.476 e. The zero-order valence-corrected chi connectivity index (χ0v) is 19.8. The Hall–Kier alpha value is -3.73. The summed E-state index contributed by atoms with van der Waals surface area (Å²) in [6.45, 7) is 7.39. The van der Waals surface area contributed by atoms with E-state index < -0.39 is 0 Å². The van der Waals surface area contributed by atoms with Gasteiger partial charge in [-0.3, -0.25) is 0 Å². The van der Waals surface area contributed by atoms with Gasteiger partial charge in [-0.2, -0.15) is 0 Å². The number of benzene rings is 3. The van der Waals surface area contributed by atoms with Crippen molar-refractivity contribution in [3.05, 3.63) is 108 Å². The molecule has 2 atom stereocenters. The predicted octanol–water partition coefficient (Wildman–Crippen LogP) is 5.73. The first-order valence-corrected chi connectivity index (χ1v) is 12.1. The van der Waals surface area contributed by atoms with Crippen LogP contribution >= 0.6 is 0 Å². The molecule has 0 aliphatic carbocycles. The molecule has 5 rings (SSSR count). The van der Waals surface area contributed by atoms with E-state index in [1.165, 1.54) is 11.3 Å². The van der Waals surface area contributed by atoms with Crippen LogP contribution in [0.3, 0.4) is 0 Å². The molecule has 5 heteroatoms. The Balaban J connectivity index is 1.51. The summed E-state index contributed by atoms with van der Waals surface area (Å²) in [5.41, 5.74) is 5.46. The number of ether oxygens (including phenoxy) is 2. The highest BCUT2D eigenvalue weighted by atomic mass is 16.5. The highest BCUT2D eigenvalue weighted by molar-refractivity contribution is 6.20. The molecule has 0 unspecified atom stereocenters. The SMILES string of the molecule is CCN(CC)c1ccc(/C(C2=N[C@@H](c3ccccc3)CO2)=C2/N[C@@H](c3ccccc3)CO2)cc1. The Morgan fingerprint density at radius 2 is 1.47 bits per heavy atom. The third kappa shape index (κ3) is 4.51. The Labute approximate surface area is 201 Å². The Morgan fingerprint density at radius 3 is 2.12 bits per heavy atom. The predicted molar refractivity (Wildman–Crippen MR) is 138 cm³/mol. The third-order valence-corrected chi connectivity index (χ3v) is 6.46. The first-order valence-electron chi connectivity index (χ1n) is 12.1. The van der Waals surface area contributed by atoms with Crippen molar-refractivity contribution in [3.63, 3.8) is 0 Å². The maximum atomic E-state index is 6.21. The van der Waals surface area contributed by atoms with E-state index >= 15 is 0 Å². The van der Waals surface area contributed by atoms with Crippen LogP contribution in [0.2, 0.25) is 0 Å². The molecule has 34 heavy (non-hydrogen) atoms. The van der Waals surface area contributed by atoms with Gasteiger partial charge in [-0.1, -0.05) is 72.8 Å². The van der Waals surface area contributed by atoms with Crippen LogP contribution < -0.4 is 10.2 Å². The summed E-state index contributed by atoms with van der Waals surface area (Å²) in [4.78, 5) is 7.31. The van der Waals surface area contributed by atoms with Gasteiger partial charge in [0.15, 0.2) is 0 Å².